The van der Waals surface area contributed by atoms with Crippen molar-refractivity contribution in [2.24, 2.45) is 0 Å². The summed E-state index contributed by atoms with van der Waals surface area (Å²) in [5, 5.41) is 3.94. The van der Waals surface area contributed by atoms with E-state index in [1.807, 2.05) is 0 Å². The second-order valence-corrected chi connectivity index (χ2v) is 2.40. The number of hydrogen-bond donors (Lipinski definition) is 0. The Balaban J connectivity index is 2.41. The standard InChI is InChI=1S/C8H6N4O/c13-6-7-3-11-12(5-7)8-4-9-1-2-10-8/h1-6H. The van der Waals surface area contributed by atoms with Crippen molar-refractivity contribution in [2.45, 2.75) is 0 Å². The van der Waals surface area contributed by atoms with Crippen LogP contribution in [0.2, 0.25) is 0 Å². The molecule has 0 unspecified atom stereocenters. The molecule has 0 aromatic carbocycles. The van der Waals surface area contributed by atoms with Crippen molar-refractivity contribution in [3.05, 3.63) is 36.5 Å². The van der Waals surface area contributed by atoms with Crippen molar-refractivity contribution in [3.63, 3.8) is 0 Å². The minimum Gasteiger partial charge on any atom is -0.298 e. The Morgan fingerprint density at radius 1 is 1.31 bits per heavy atom. The van der Waals surface area contributed by atoms with E-state index in [9.17, 15) is 4.79 Å². The van der Waals surface area contributed by atoms with Crippen LogP contribution < -0.4 is 0 Å². The van der Waals surface area contributed by atoms with Crippen LogP contribution in [0.3, 0.4) is 0 Å². The summed E-state index contributed by atoms with van der Waals surface area (Å²) in [6, 6.07) is 0. The third-order valence-corrected chi connectivity index (χ3v) is 1.52. The van der Waals surface area contributed by atoms with Crippen molar-refractivity contribution in [3.8, 4) is 5.82 Å². The number of aldehydes is 1. The molecule has 2 aromatic rings. The van der Waals surface area contributed by atoms with Crippen molar-refractivity contribution >= 4 is 6.29 Å². The van der Waals surface area contributed by atoms with Gasteiger partial charge in [0.05, 0.1) is 18.0 Å². The number of carbonyl (C=O) groups excluding carboxylic acids is 1. The highest BCUT2D eigenvalue weighted by atomic mass is 16.1. The van der Waals surface area contributed by atoms with E-state index >= 15 is 0 Å². The summed E-state index contributed by atoms with van der Waals surface area (Å²) in [5.74, 6) is 0.593. The highest BCUT2D eigenvalue weighted by Crippen LogP contribution is 2.00. The average molecular weight is 174 g/mol. The molecule has 0 aliphatic heterocycles. The zero-order valence-electron chi connectivity index (χ0n) is 6.66. The SMILES string of the molecule is O=Cc1cnn(-c2cnccn2)c1. The topological polar surface area (TPSA) is 60.7 Å². The van der Waals surface area contributed by atoms with E-state index in [1.165, 1.54) is 10.9 Å². The van der Waals surface area contributed by atoms with Gasteiger partial charge in [0, 0.05) is 18.6 Å². The maximum absolute atomic E-state index is 10.4. The monoisotopic (exact) mass is 174 g/mol. The van der Waals surface area contributed by atoms with Crippen LogP contribution in [0.15, 0.2) is 31.0 Å². The van der Waals surface area contributed by atoms with Crippen LogP contribution in [0.5, 0.6) is 0 Å². The summed E-state index contributed by atoms with van der Waals surface area (Å²) < 4.78 is 1.50. The zero-order chi connectivity index (χ0) is 9.10. The largest absolute Gasteiger partial charge is 0.298 e. The molecule has 0 bridgehead atoms. The fourth-order valence-electron chi connectivity index (χ4n) is 0.932. The lowest BCUT2D eigenvalue weighted by Crippen LogP contribution is -1.97. The fraction of sp³-hybridized carbons (Fsp3) is 0. The molecule has 2 aromatic heterocycles. The molecular weight excluding hydrogens is 168 g/mol. The average Bonchev–Trinajstić information content (AvgIpc) is 2.67. The van der Waals surface area contributed by atoms with Gasteiger partial charge in [0.1, 0.15) is 0 Å². The minimum absolute atomic E-state index is 0.519. The highest BCUT2D eigenvalue weighted by molar-refractivity contribution is 5.73. The van der Waals surface area contributed by atoms with Crippen molar-refractivity contribution in [2.75, 3.05) is 0 Å². The third kappa shape index (κ3) is 1.44. The molecule has 0 saturated heterocycles. The van der Waals surface area contributed by atoms with Gasteiger partial charge in [-0.3, -0.25) is 9.78 Å². The molecule has 2 heterocycles. The van der Waals surface area contributed by atoms with E-state index in [4.69, 9.17) is 0 Å². The Bertz CT molecular complexity index is 409. The van der Waals surface area contributed by atoms with Crippen molar-refractivity contribution in [1.82, 2.24) is 19.7 Å². The molecule has 0 spiro atoms. The van der Waals surface area contributed by atoms with Crippen molar-refractivity contribution in [1.29, 1.82) is 0 Å². The molecule has 0 aliphatic carbocycles. The number of carbonyl (C=O) groups is 1. The van der Waals surface area contributed by atoms with Gasteiger partial charge < -0.3 is 0 Å². The van der Waals surface area contributed by atoms with Crippen LogP contribution in [0, 0.1) is 0 Å². The van der Waals surface area contributed by atoms with Gasteiger partial charge in [0.2, 0.25) is 0 Å². The normalized spacial score (nSPS) is 9.85. The smallest absolute Gasteiger partial charge is 0.171 e. The Morgan fingerprint density at radius 3 is 2.85 bits per heavy atom. The number of aromatic nitrogens is 4. The molecule has 0 atom stereocenters. The van der Waals surface area contributed by atoms with E-state index in [0.29, 0.717) is 11.4 Å². The molecule has 64 valence electrons. The summed E-state index contributed by atoms with van der Waals surface area (Å²) in [5.41, 5.74) is 0.519. The quantitative estimate of drug-likeness (QED) is 0.621. The first-order valence-electron chi connectivity index (χ1n) is 3.66. The van der Waals surface area contributed by atoms with Crippen LogP contribution in [0.1, 0.15) is 10.4 Å². The highest BCUT2D eigenvalue weighted by Gasteiger charge is 1.99. The van der Waals surface area contributed by atoms with Gasteiger partial charge in [0.15, 0.2) is 12.1 Å². The van der Waals surface area contributed by atoms with E-state index in [-0.39, 0.29) is 0 Å². The second kappa shape index (κ2) is 3.14. The summed E-state index contributed by atoms with van der Waals surface area (Å²) >= 11 is 0. The maximum atomic E-state index is 10.4. The molecule has 0 aliphatic rings. The van der Waals surface area contributed by atoms with Crippen LogP contribution >= 0.6 is 0 Å². The van der Waals surface area contributed by atoms with Crippen LogP contribution in [-0.2, 0) is 0 Å². The van der Waals surface area contributed by atoms with E-state index in [0.717, 1.165) is 6.29 Å². The minimum atomic E-state index is 0.519. The lowest BCUT2D eigenvalue weighted by Gasteiger charge is -1.95. The third-order valence-electron chi connectivity index (χ3n) is 1.52. The predicted molar refractivity (Wildman–Crippen MR) is 44.5 cm³/mol. The first-order valence-corrected chi connectivity index (χ1v) is 3.66. The number of nitrogens with zero attached hydrogens (tertiary/aromatic N) is 4. The molecule has 0 fully saturated rings. The van der Waals surface area contributed by atoms with Gasteiger partial charge in [0.25, 0.3) is 0 Å². The molecule has 2 rings (SSSR count). The second-order valence-electron chi connectivity index (χ2n) is 2.40. The molecule has 0 N–H and O–H groups in total. The number of rotatable bonds is 2. The van der Waals surface area contributed by atoms with Gasteiger partial charge in [-0.25, -0.2) is 9.67 Å². The Labute approximate surface area is 74.1 Å². The molecular formula is C8H6N4O. The van der Waals surface area contributed by atoms with Gasteiger partial charge >= 0.3 is 0 Å². The van der Waals surface area contributed by atoms with Crippen molar-refractivity contribution < 1.29 is 4.79 Å². The lowest BCUT2D eigenvalue weighted by atomic mass is 10.4. The summed E-state index contributed by atoms with van der Waals surface area (Å²) in [7, 11) is 0. The predicted octanol–water partition coefficient (Wildman–Crippen LogP) is 0.475. The molecule has 5 nitrogen and oxygen atoms in total. The molecule has 0 radical (unpaired) electrons. The van der Waals surface area contributed by atoms with E-state index in [1.54, 1.807) is 24.8 Å². The molecule has 5 heteroatoms. The number of hydrogen-bond acceptors (Lipinski definition) is 4. The van der Waals surface area contributed by atoms with Crippen LogP contribution in [0.4, 0.5) is 0 Å². The first-order chi connectivity index (χ1) is 6.40. The zero-order valence-corrected chi connectivity index (χ0v) is 6.66. The summed E-state index contributed by atoms with van der Waals surface area (Å²) in [6.45, 7) is 0. The van der Waals surface area contributed by atoms with E-state index in [2.05, 4.69) is 15.1 Å². The Morgan fingerprint density at radius 2 is 2.23 bits per heavy atom. The van der Waals surface area contributed by atoms with Gasteiger partial charge in [-0.2, -0.15) is 5.10 Å². The lowest BCUT2D eigenvalue weighted by molar-refractivity contribution is 0.112. The van der Waals surface area contributed by atoms with Gasteiger partial charge in [-0.1, -0.05) is 0 Å². The molecule has 13 heavy (non-hydrogen) atoms. The molecule has 0 saturated carbocycles. The first kappa shape index (κ1) is 7.60. The van der Waals surface area contributed by atoms with Gasteiger partial charge in [-0.15, -0.1) is 0 Å². The summed E-state index contributed by atoms with van der Waals surface area (Å²) in [6.07, 6.45) is 8.52. The Hall–Kier alpha value is -2.04. The van der Waals surface area contributed by atoms with E-state index < -0.39 is 0 Å². The van der Waals surface area contributed by atoms with Gasteiger partial charge in [-0.05, 0) is 0 Å². The van der Waals surface area contributed by atoms with Crippen LogP contribution in [0.25, 0.3) is 5.82 Å². The maximum Gasteiger partial charge on any atom is 0.171 e. The summed E-state index contributed by atoms with van der Waals surface area (Å²) in [4.78, 5) is 18.3. The Kier molecular flexibility index (Phi) is 1.84. The fourth-order valence-corrected chi connectivity index (χ4v) is 0.932. The van der Waals surface area contributed by atoms with Crippen LogP contribution in [-0.4, -0.2) is 26.0 Å². The molecule has 0 amide bonds.